The Kier molecular flexibility index (Phi) is 9.73. The Balaban J connectivity index is 2.43. The van der Waals surface area contributed by atoms with Crippen molar-refractivity contribution in [1.29, 1.82) is 0 Å². The van der Waals surface area contributed by atoms with E-state index in [9.17, 15) is 9.59 Å². The summed E-state index contributed by atoms with van der Waals surface area (Å²) < 4.78 is 10.4. The van der Waals surface area contributed by atoms with Crippen molar-refractivity contribution in [2.75, 3.05) is 13.2 Å². The molecule has 0 radical (unpaired) electrons. The van der Waals surface area contributed by atoms with Gasteiger partial charge in [0, 0.05) is 0 Å². The Morgan fingerprint density at radius 3 is 2.12 bits per heavy atom. The Morgan fingerprint density at radius 1 is 0.958 bits per heavy atom. The molecule has 0 N–H and O–H groups in total. The van der Waals surface area contributed by atoms with Gasteiger partial charge in [-0.15, -0.1) is 0 Å². The summed E-state index contributed by atoms with van der Waals surface area (Å²) in [5, 5.41) is 0. The van der Waals surface area contributed by atoms with Gasteiger partial charge in [0.15, 0.2) is 0 Å². The van der Waals surface area contributed by atoms with Gasteiger partial charge >= 0.3 is 11.9 Å². The zero-order valence-electron chi connectivity index (χ0n) is 15.0. The number of unbranched alkanes of at least 4 members (excludes halogenated alkanes) is 4. The summed E-state index contributed by atoms with van der Waals surface area (Å²) >= 11 is 0. The molecule has 1 aromatic rings. The van der Waals surface area contributed by atoms with Gasteiger partial charge in [-0.2, -0.15) is 0 Å². The summed E-state index contributed by atoms with van der Waals surface area (Å²) in [5.41, 5.74) is 0.276. The van der Waals surface area contributed by atoms with E-state index in [4.69, 9.17) is 9.47 Å². The second-order valence-corrected chi connectivity index (χ2v) is 6.28. The van der Waals surface area contributed by atoms with Gasteiger partial charge in [0.2, 0.25) is 0 Å². The lowest BCUT2D eigenvalue weighted by Gasteiger charge is -2.07. The third-order valence-electron chi connectivity index (χ3n) is 3.58. The Bertz CT molecular complexity index is 514. The first-order valence-corrected chi connectivity index (χ1v) is 8.86. The summed E-state index contributed by atoms with van der Waals surface area (Å²) in [4.78, 5) is 27.9. The molecule has 5 nitrogen and oxygen atoms in total. The van der Waals surface area contributed by atoms with Crippen LogP contribution < -0.4 is 0 Å². The normalized spacial score (nSPS) is 10.7. The van der Waals surface area contributed by atoms with Gasteiger partial charge in [-0.1, -0.05) is 52.5 Å². The predicted octanol–water partition coefficient (Wildman–Crippen LogP) is 4.41. The fraction of sp³-hybridized carbons (Fsp3) is 0.632. The molecule has 1 aromatic heterocycles. The van der Waals surface area contributed by atoms with Gasteiger partial charge in [0.25, 0.3) is 0 Å². The van der Waals surface area contributed by atoms with Crippen molar-refractivity contribution < 1.29 is 19.1 Å². The summed E-state index contributed by atoms with van der Waals surface area (Å²) in [5.74, 6) is -0.545. The predicted molar refractivity (Wildman–Crippen MR) is 93.0 cm³/mol. The molecule has 0 unspecified atom stereocenters. The van der Waals surface area contributed by atoms with Crippen molar-refractivity contribution in [2.45, 2.75) is 59.3 Å². The third kappa shape index (κ3) is 8.09. The van der Waals surface area contributed by atoms with E-state index >= 15 is 0 Å². The molecule has 5 heteroatoms. The highest BCUT2D eigenvalue weighted by Gasteiger charge is 2.14. The maximum absolute atomic E-state index is 12.0. The van der Waals surface area contributed by atoms with Crippen LogP contribution in [0.2, 0.25) is 0 Å². The number of pyridine rings is 1. The number of rotatable bonds is 11. The molecule has 0 saturated carbocycles. The van der Waals surface area contributed by atoms with Crippen LogP contribution in [0.5, 0.6) is 0 Å². The number of aromatic nitrogens is 1. The molecule has 0 spiro atoms. The minimum atomic E-state index is -0.509. The molecule has 1 rings (SSSR count). The van der Waals surface area contributed by atoms with E-state index in [2.05, 4.69) is 25.8 Å². The SMILES string of the molecule is CCCCCCCOC(=O)c1cccc(C(=O)OCCC(C)C)n1. The second-order valence-electron chi connectivity index (χ2n) is 6.28. The fourth-order valence-electron chi connectivity index (χ4n) is 2.07. The largest absolute Gasteiger partial charge is 0.461 e. The van der Waals surface area contributed by atoms with Crippen LogP contribution in [0.25, 0.3) is 0 Å². The highest BCUT2D eigenvalue weighted by molar-refractivity contribution is 5.91. The number of esters is 2. The third-order valence-corrected chi connectivity index (χ3v) is 3.58. The molecule has 0 aliphatic heterocycles. The van der Waals surface area contributed by atoms with E-state index in [0.717, 1.165) is 25.7 Å². The quantitative estimate of drug-likeness (QED) is 0.442. The number of carbonyl (C=O) groups is 2. The first kappa shape index (κ1) is 20.1. The Labute approximate surface area is 144 Å². The molecule has 0 aliphatic rings. The van der Waals surface area contributed by atoms with Crippen LogP contribution in [0.15, 0.2) is 18.2 Å². The van der Waals surface area contributed by atoms with Gasteiger partial charge in [0.05, 0.1) is 13.2 Å². The van der Waals surface area contributed by atoms with Crippen molar-refractivity contribution >= 4 is 11.9 Å². The van der Waals surface area contributed by atoms with E-state index in [1.165, 1.54) is 12.8 Å². The van der Waals surface area contributed by atoms with Crippen LogP contribution in [0.4, 0.5) is 0 Å². The first-order chi connectivity index (χ1) is 11.5. The molecular formula is C19H29NO4. The molecule has 0 amide bonds. The number of nitrogens with zero attached hydrogens (tertiary/aromatic N) is 1. The molecule has 0 bridgehead atoms. The summed E-state index contributed by atoms with van der Waals surface area (Å²) in [6.07, 6.45) is 6.25. The molecule has 0 fully saturated rings. The van der Waals surface area contributed by atoms with E-state index in [0.29, 0.717) is 19.1 Å². The molecular weight excluding hydrogens is 306 g/mol. The number of hydrogen-bond acceptors (Lipinski definition) is 5. The summed E-state index contributed by atoms with van der Waals surface area (Å²) in [7, 11) is 0. The minimum absolute atomic E-state index is 0.135. The van der Waals surface area contributed by atoms with Gasteiger partial charge < -0.3 is 9.47 Å². The van der Waals surface area contributed by atoms with Crippen LogP contribution in [0, 0.1) is 5.92 Å². The van der Waals surface area contributed by atoms with E-state index < -0.39 is 11.9 Å². The van der Waals surface area contributed by atoms with Crippen LogP contribution in [-0.4, -0.2) is 30.1 Å². The molecule has 0 atom stereocenters. The van der Waals surface area contributed by atoms with Crippen molar-refractivity contribution in [3.63, 3.8) is 0 Å². The van der Waals surface area contributed by atoms with Crippen molar-refractivity contribution in [3.8, 4) is 0 Å². The standard InChI is InChI=1S/C19H29NO4/c1-4-5-6-7-8-13-23-18(21)16-10-9-11-17(20-16)19(22)24-14-12-15(2)3/h9-11,15H,4-8,12-14H2,1-3H3. The fourth-order valence-corrected chi connectivity index (χ4v) is 2.07. The second kappa shape index (κ2) is 11.6. The molecule has 0 saturated heterocycles. The monoisotopic (exact) mass is 335 g/mol. The van der Waals surface area contributed by atoms with Gasteiger partial charge in [-0.05, 0) is 30.9 Å². The zero-order valence-corrected chi connectivity index (χ0v) is 15.0. The average molecular weight is 335 g/mol. The van der Waals surface area contributed by atoms with Gasteiger partial charge in [-0.25, -0.2) is 14.6 Å². The topological polar surface area (TPSA) is 65.5 Å². The van der Waals surface area contributed by atoms with Crippen LogP contribution in [-0.2, 0) is 9.47 Å². The molecule has 134 valence electrons. The highest BCUT2D eigenvalue weighted by atomic mass is 16.5. The maximum atomic E-state index is 12.0. The van der Waals surface area contributed by atoms with Crippen molar-refractivity contribution in [1.82, 2.24) is 4.98 Å². The van der Waals surface area contributed by atoms with E-state index in [1.54, 1.807) is 18.2 Å². The van der Waals surface area contributed by atoms with Gasteiger partial charge in [-0.3, -0.25) is 0 Å². The van der Waals surface area contributed by atoms with Crippen molar-refractivity contribution in [2.24, 2.45) is 5.92 Å². The molecule has 24 heavy (non-hydrogen) atoms. The molecule has 0 aromatic carbocycles. The lowest BCUT2D eigenvalue weighted by Crippen LogP contribution is -2.14. The van der Waals surface area contributed by atoms with E-state index in [1.807, 2.05) is 0 Å². The molecule has 0 aliphatic carbocycles. The Morgan fingerprint density at radius 2 is 1.54 bits per heavy atom. The van der Waals surface area contributed by atoms with E-state index in [-0.39, 0.29) is 11.4 Å². The number of carbonyl (C=O) groups excluding carboxylic acids is 2. The summed E-state index contributed by atoms with van der Waals surface area (Å²) in [6, 6.07) is 4.70. The Hall–Kier alpha value is -1.91. The lowest BCUT2D eigenvalue weighted by atomic mass is 10.1. The average Bonchev–Trinajstić information content (AvgIpc) is 2.57. The van der Waals surface area contributed by atoms with Gasteiger partial charge in [0.1, 0.15) is 11.4 Å². The minimum Gasteiger partial charge on any atom is -0.461 e. The summed E-state index contributed by atoms with van der Waals surface area (Å²) in [6.45, 7) is 7.01. The van der Waals surface area contributed by atoms with Crippen LogP contribution >= 0.6 is 0 Å². The highest BCUT2D eigenvalue weighted by Crippen LogP contribution is 2.07. The number of ether oxygens (including phenoxy) is 2. The van der Waals surface area contributed by atoms with Crippen LogP contribution in [0.1, 0.15) is 80.3 Å². The van der Waals surface area contributed by atoms with Crippen LogP contribution in [0.3, 0.4) is 0 Å². The zero-order chi connectivity index (χ0) is 17.8. The van der Waals surface area contributed by atoms with Crippen molar-refractivity contribution in [3.05, 3.63) is 29.6 Å². The number of hydrogen-bond donors (Lipinski definition) is 0. The smallest absolute Gasteiger partial charge is 0.356 e. The lowest BCUT2D eigenvalue weighted by molar-refractivity contribution is 0.0476. The maximum Gasteiger partial charge on any atom is 0.356 e. The molecule has 1 heterocycles. The first-order valence-electron chi connectivity index (χ1n) is 8.86.